The van der Waals surface area contributed by atoms with Gasteiger partial charge in [0.05, 0.1) is 18.8 Å². The molecule has 0 amide bonds. The number of aliphatic hydroxyl groups is 2. The molecule has 1 aliphatic rings. The normalized spacial score (nSPS) is 23.8. The van der Waals surface area contributed by atoms with Crippen molar-refractivity contribution in [2.45, 2.75) is 32.5 Å². The number of hydrogen-bond acceptors (Lipinski definition) is 4. The summed E-state index contributed by atoms with van der Waals surface area (Å²) in [5.74, 6) is 0.907. The van der Waals surface area contributed by atoms with Gasteiger partial charge in [-0.05, 0) is 43.5 Å². The molecule has 0 aliphatic carbocycles. The van der Waals surface area contributed by atoms with Gasteiger partial charge < -0.3 is 14.9 Å². The van der Waals surface area contributed by atoms with Gasteiger partial charge in [0.1, 0.15) is 5.75 Å². The van der Waals surface area contributed by atoms with E-state index in [1.54, 1.807) is 0 Å². The zero-order valence-corrected chi connectivity index (χ0v) is 11.7. The Morgan fingerprint density at radius 2 is 1.84 bits per heavy atom. The van der Waals surface area contributed by atoms with E-state index in [2.05, 4.69) is 30.9 Å². The van der Waals surface area contributed by atoms with E-state index >= 15 is 0 Å². The van der Waals surface area contributed by atoms with Crippen molar-refractivity contribution in [3.8, 4) is 5.75 Å². The number of benzene rings is 1. The van der Waals surface area contributed by atoms with E-state index in [1.807, 2.05) is 6.07 Å². The fourth-order valence-corrected chi connectivity index (χ4v) is 2.31. The molecule has 1 heterocycles. The summed E-state index contributed by atoms with van der Waals surface area (Å²) >= 11 is 0. The van der Waals surface area contributed by atoms with Crippen LogP contribution < -0.4 is 4.74 Å². The summed E-state index contributed by atoms with van der Waals surface area (Å²) < 4.78 is 5.70. The fourth-order valence-electron chi connectivity index (χ4n) is 2.31. The number of rotatable bonds is 5. The highest BCUT2D eigenvalue weighted by atomic mass is 16.5. The molecule has 4 heteroatoms. The number of aryl methyl sites for hydroxylation is 2. The lowest BCUT2D eigenvalue weighted by Crippen LogP contribution is -2.24. The average molecular weight is 265 g/mol. The highest BCUT2D eigenvalue weighted by Gasteiger charge is 2.28. The Balaban J connectivity index is 1.68. The minimum absolute atomic E-state index is 0.560. The van der Waals surface area contributed by atoms with Gasteiger partial charge in [-0.3, -0.25) is 4.90 Å². The fraction of sp³-hybridized carbons (Fsp3) is 0.600. The van der Waals surface area contributed by atoms with Gasteiger partial charge in [0, 0.05) is 19.6 Å². The first-order valence-electron chi connectivity index (χ1n) is 6.85. The van der Waals surface area contributed by atoms with Crippen molar-refractivity contribution < 1.29 is 14.9 Å². The van der Waals surface area contributed by atoms with E-state index < -0.39 is 12.2 Å². The molecule has 2 unspecified atom stereocenters. The maximum atomic E-state index is 9.44. The maximum absolute atomic E-state index is 9.44. The zero-order valence-electron chi connectivity index (χ0n) is 11.7. The van der Waals surface area contributed by atoms with Crippen LogP contribution in [0.1, 0.15) is 17.5 Å². The number of nitrogens with zero attached hydrogens (tertiary/aromatic N) is 1. The molecule has 2 rings (SSSR count). The SMILES string of the molecule is Cc1ccc(OCCCN2CC(O)C(O)C2)cc1C. The molecule has 2 atom stereocenters. The van der Waals surface area contributed by atoms with Crippen LogP contribution in [0.2, 0.25) is 0 Å². The zero-order chi connectivity index (χ0) is 13.8. The van der Waals surface area contributed by atoms with E-state index in [9.17, 15) is 10.2 Å². The van der Waals surface area contributed by atoms with Crippen molar-refractivity contribution in [1.29, 1.82) is 0 Å². The molecule has 1 saturated heterocycles. The summed E-state index contributed by atoms with van der Waals surface area (Å²) in [6, 6.07) is 6.11. The molecule has 0 aromatic heterocycles. The Morgan fingerprint density at radius 1 is 1.16 bits per heavy atom. The van der Waals surface area contributed by atoms with Crippen molar-refractivity contribution in [1.82, 2.24) is 4.90 Å². The van der Waals surface area contributed by atoms with E-state index in [4.69, 9.17) is 4.74 Å². The predicted octanol–water partition coefficient (Wildman–Crippen LogP) is 1.11. The monoisotopic (exact) mass is 265 g/mol. The third kappa shape index (κ3) is 3.93. The molecule has 1 aliphatic heterocycles. The smallest absolute Gasteiger partial charge is 0.119 e. The molecule has 1 fully saturated rings. The van der Waals surface area contributed by atoms with Crippen LogP contribution in [0.3, 0.4) is 0 Å². The molecule has 1 aromatic carbocycles. The Hall–Kier alpha value is -1.10. The third-order valence-corrected chi connectivity index (χ3v) is 3.70. The number of β-amino-alcohol motifs (C(OH)–C–C–N with tert-alkyl or cyclic N) is 2. The Morgan fingerprint density at radius 3 is 2.47 bits per heavy atom. The first-order chi connectivity index (χ1) is 9.06. The molecule has 2 N–H and O–H groups in total. The average Bonchev–Trinajstić information content (AvgIpc) is 2.69. The Labute approximate surface area is 114 Å². The van der Waals surface area contributed by atoms with Crippen LogP contribution in [0.5, 0.6) is 5.75 Å². The molecule has 0 bridgehead atoms. The van der Waals surface area contributed by atoms with Crippen LogP contribution in [0.15, 0.2) is 18.2 Å². The van der Waals surface area contributed by atoms with Crippen LogP contribution in [-0.2, 0) is 0 Å². The highest BCUT2D eigenvalue weighted by Crippen LogP contribution is 2.16. The second-order valence-electron chi connectivity index (χ2n) is 5.34. The summed E-state index contributed by atoms with van der Waals surface area (Å²) in [4.78, 5) is 2.07. The largest absolute Gasteiger partial charge is 0.494 e. The second kappa shape index (κ2) is 6.37. The lowest BCUT2D eigenvalue weighted by Gasteiger charge is -2.15. The van der Waals surface area contributed by atoms with Gasteiger partial charge >= 0.3 is 0 Å². The molecule has 106 valence electrons. The lowest BCUT2D eigenvalue weighted by molar-refractivity contribution is 0.0572. The van der Waals surface area contributed by atoms with Gasteiger partial charge in [0.25, 0.3) is 0 Å². The van der Waals surface area contributed by atoms with Gasteiger partial charge in [-0.15, -0.1) is 0 Å². The Kier molecular flexibility index (Phi) is 4.80. The van der Waals surface area contributed by atoms with Crippen molar-refractivity contribution in [3.05, 3.63) is 29.3 Å². The standard InChI is InChI=1S/C15H23NO3/c1-11-4-5-13(8-12(11)2)19-7-3-6-16-9-14(17)15(18)10-16/h4-5,8,14-15,17-18H,3,6-7,9-10H2,1-2H3. The summed E-state index contributed by atoms with van der Waals surface area (Å²) in [5.41, 5.74) is 2.51. The molecule has 0 saturated carbocycles. The number of likely N-dealkylation sites (tertiary alicyclic amines) is 1. The number of aliphatic hydroxyl groups excluding tert-OH is 2. The number of hydrogen-bond donors (Lipinski definition) is 2. The highest BCUT2D eigenvalue weighted by molar-refractivity contribution is 5.33. The van der Waals surface area contributed by atoms with Gasteiger partial charge in [-0.1, -0.05) is 6.07 Å². The second-order valence-corrected chi connectivity index (χ2v) is 5.34. The van der Waals surface area contributed by atoms with E-state index in [0.717, 1.165) is 18.7 Å². The van der Waals surface area contributed by atoms with Crippen molar-refractivity contribution >= 4 is 0 Å². The van der Waals surface area contributed by atoms with Crippen molar-refractivity contribution in [3.63, 3.8) is 0 Å². The topological polar surface area (TPSA) is 52.9 Å². The minimum atomic E-state index is -0.597. The molecule has 4 nitrogen and oxygen atoms in total. The lowest BCUT2D eigenvalue weighted by atomic mass is 10.1. The van der Waals surface area contributed by atoms with Crippen molar-refractivity contribution in [2.24, 2.45) is 0 Å². The summed E-state index contributed by atoms with van der Waals surface area (Å²) in [7, 11) is 0. The molecule has 1 aromatic rings. The Bertz CT molecular complexity index is 412. The minimum Gasteiger partial charge on any atom is -0.494 e. The quantitative estimate of drug-likeness (QED) is 0.783. The van der Waals surface area contributed by atoms with E-state index in [0.29, 0.717) is 19.7 Å². The molecular formula is C15H23NO3. The van der Waals surface area contributed by atoms with Crippen LogP contribution >= 0.6 is 0 Å². The van der Waals surface area contributed by atoms with Gasteiger partial charge in [-0.2, -0.15) is 0 Å². The van der Waals surface area contributed by atoms with Crippen LogP contribution in [0.4, 0.5) is 0 Å². The molecule has 19 heavy (non-hydrogen) atoms. The molecule has 0 spiro atoms. The van der Waals surface area contributed by atoms with E-state index in [-0.39, 0.29) is 0 Å². The maximum Gasteiger partial charge on any atom is 0.119 e. The predicted molar refractivity (Wildman–Crippen MR) is 74.5 cm³/mol. The number of ether oxygens (including phenoxy) is 1. The summed E-state index contributed by atoms with van der Waals surface area (Å²) in [6.45, 7) is 6.79. The van der Waals surface area contributed by atoms with E-state index in [1.165, 1.54) is 11.1 Å². The summed E-state index contributed by atoms with van der Waals surface area (Å²) in [5, 5.41) is 18.9. The third-order valence-electron chi connectivity index (χ3n) is 3.70. The van der Waals surface area contributed by atoms with Crippen LogP contribution in [-0.4, -0.2) is 53.6 Å². The van der Waals surface area contributed by atoms with Gasteiger partial charge in [-0.25, -0.2) is 0 Å². The first kappa shape index (κ1) is 14.3. The van der Waals surface area contributed by atoms with Crippen LogP contribution in [0.25, 0.3) is 0 Å². The van der Waals surface area contributed by atoms with Crippen molar-refractivity contribution in [2.75, 3.05) is 26.2 Å². The summed E-state index contributed by atoms with van der Waals surface area (Å²) in [6.07, 6.45) is -0.298. The molecule has 0 radical (unpaired) electrons. The van der Waals surface area contributed by atoms with Gasteiger partial charge in [0.2, 0.25) is 0 Å². The van der Waals surface area contributed by atoms with Crippen LogP contribution in [0, 0.1) is 13.8 Å². The first-order valence-corrected chi connectivity index (χ1v) is 6.85. The van der Waals surface area contributed by atoms with Gasteiger partial charge in [0.15, 0.2) is 0 Å². The molecular weight excluding hydrogens is 242 g/mol.